The van der Waals surface area contributed by atoms with E-state index in [4.69, 9.17) is 10.8 Å². The highest BCUT2D eigenvalue weighted by molar-refractivity contribution is 5.95. The third kappa shape index (κ3) is 2.85. The monoisotopic (exact) mass is 264 g/mol. The summed E-state index contributed by atoms with van der Waals surface area (Å²) >= 11 is 0. The fraction of sp³-hybridized carbons (Fsp3) is 0.385. The zero-order valence-corrected chi connectivity index (χ0v) is 10.3. The van der Waals surface area contributed by atoms with Crippen LogP contribution in [0.2, 0.25) is 0 Å². The predicted octanol–water partition coefficient (Wildman–Crippen LogP) is 1.16. The Hall–Kier alpha value is -2.08. The molecular formula is C13H16N2O4. The highest BCUT2D eigenvalue weighted by Gasteiger charge is 2.30. The molecule has 1 aromatic carbocycles. The number of benzene rings is 1. The molecule has 0 saturated heterocycles. The van der Waals surface area contributed by atoms with Gasteiger partial charge in [-0.05, 0) is 25.0 Å². The van der Waals surface area contributed by atoms with Gasteiger partial charge in [-0.25, -0.2) is 4.79 Å². The van der Waals surface area contributed by atoms with Gasteiger partial charge >= 0.3 is 5.97 Å². The Kier molecular flexibility index (Phi) is 3.71. The molecule has 0 aromatic heterocycles. The smallest absolute Gasteiger partial charge is 0.339 e. The minimum Gasteiger partial charge on any atom is -0.507 e. The molecule has 1 aliphatic carbocycles. The first-order valence-electron chi connectivity index (χ1n) is 6.12. The van der Waals surface area contributed by atoms with Gasteiger partial charge in [0.1, 0.15) is 11.3 Å². The van der Waals surface area contributed by atoms with Crippen LogP contribution in [0, 0.1) is 5.92 Å². The standard InChI is InChI=1S/C13H16N2O4/c14-10-3-1-2-8(10)12(17)15-7-4-5-9(13(18)19)11(16)6-7/h4-6,8,10,16H,1-3,14H2,(H,15,17)(H,18,19). The number of nitrogens with one attached hydrogen (secondary N) is 1. The summed E-state index contributed by atoms with van der Waals surface area (Å²) in [5.74, 6) is -2.00. The molecular weight excluding hydrogens is 248 g/mol. The Morgan fingerprint density at radius 1 is 1.32 bits per heavy atom. The molecule has 2 rings (SSSR count). The van der Waals surface area contributed by atoms with Gasteiger partial charge in [-0.2, -0.15) is 0 Å². The van der Waals surface area contributed by atoms with E-state index in [9.17, 15) is 14.7 Å². The highest BCUT2D eigenvalue weighted by Crippen LogP contribution is 2.27. The van der Waals surface area contributed by atoms with Crippen molar-refractivity contribution in [3.05, 3.63) is 23.8 Å². The number of rotatable bonds is 3. The molecule has 0 spiro atoms. The second-order valence-corrected chi connectivity index (χ2v) is 4.73. The van der Waals surface area contributed by atoms with Crippen LogP contribution in [0.25, 0.3) is 0 Å². The summed E-state index contributed by atoms with van der Waals surface area (Å²) in [4.78, 5) is 22.7. The predicted molar refractivity (Wildman–Crippen MR) is 69.0 cm³/mol. The van der Waals surface area contributed by atoms with E-state index in [0.717, 1.165) is 19.3 Å². The Labute approximate surface area is 110 Å². The number of carboxylic acid groups (broad SMARTS) is 1. The number of anilines is 1. The van der Waals surface area contributed by atoms with Gasteiger partial charge in [0.25, 0.3) is 0 Å². The summed E-state index contributed by atoms with van der Waals surface area (Å²) in [7, 11) is 0. The van der Waals surface area contributed by atoms with E-state index in [1.807, 2.05) is 0 Å². The first kappa shape index (κ1) is 13.4. The third-order valence-corrected chi connectivity index (χ3v) is 3.40. The number of hydrogen-bond acceptors (Lipinski definition) is 4. The van der Waals surface area contributed by atoms with E-state index in [-0.39, 0.29) is 29.2 Å². The van der Waals surface area contributed by atoms with E-state index in [2.05, 4.69) is 5.32 Å². The van der Waals surface area contributed by atoms with Gasteiger partial charge in [0.15, 0.2) is 0 Å². The quantitative estimate of drug-likeness (QED) is 0.654. The van der Waals surface area contributed by atoms with E-state index < -0.39 is 5.97 Å². The molecule has 1 aromatic rings. The summed E-state index contributed by atoms with van der Waals surface area (Å²) in [6, 6.07) is 3.79. The normalized spacial score (nSPS) is 22.2. The Morgan fingerprint density at radius 2 is 2.05 bits per heavy atom. The molecule has 5 N–H and O–H groups in total. The van der Waals surface area contributed by atoms with Crippen LogP contribution in [0.1, 0.15) is 29.6 Å². The number of aromatic hydroxyl groups is 1. The molecule has 0 bridgehead atoms. The van der Waals surface area contributed by atoms with Crippen molar-refractivity contribution < 1.29 is 19.8 Å². The van der Waals surface area contributed by atoms with Gasteiger partial charge in [0.05, 0.1) is 5.92 Å². The molecule has 1 aliphatic rings. The SMILES string of the molecule is NC1CCCC1C(=O)Nc1ccc(C(=O)O)c(O)c1. The second kappa shape index (κ2) is 5.27. The number of phenols is 1. The topological polar surface area (TPSA) is 113 Å². The lowest BCUT2D eigenvalue weighted by atomic mass is 10.0. The molecule has 2 atom stereocenters. The number of aromatic carboxylic acids is 1. The van der Waals surface area contributed by atoms with Crippen LogP contribution in [0.5, 0.6) is 5.75 Å². The summed E-state index contributed by atoms with van der Waals surface area (Å²) < 4.78 is 0. The third-order valence-electron chi connectivity index (χ3n) is 3.40. The summed E-state index contributed by atoms with van der Waals surface area (Å²) in [5.41, 5.74) is 6.01. The molecule has 2 unspecified atom stereocenters. The number of amides is 1. The maximum absolute atomic E-state index is 12.0. The Bertz CT molecular complexity index is 515. The van der Waals surface area contributed by atoms with Crippen molar-refractivity contribution in [2.24, 2.45) is 11.7 Å². The molecule has 1 amide bonds. The lowest BCUT2D eigenvalue weighted by molar-refractivity contribution is -0.120. The number of carbonyl (C=O) groups excluding carboxylic acids is 1. The molecule has 0 radical (unpaired) electrons. The van der Waals surface area contributed by atoms with Gasteiger partial charge < -0.3 is 21.3 Å². The molecule has 6 heteroatoms. The van der Waals surface area contributed by atoms with E-state index in [0.29, 0.717) is 5.69 Å². The number of hydrogen-bond donors (Lipinski definition) is 4. The van der Waals surface area contributed by atoms with Crippen molar-refractivity contribution in [2.45, 2.75) is 25.3 Å². The fourth-order valence-corrected chi connectivity index (χ4v) is 2.34. The van der Waals surface area contributed by atoms with Crippen molar-refractivity contribution in [1.82, 2.24) is 0 Å². The lowest BCUT2D eigenvalue weighted by Gasteiger charge is -2.15. The highest BCUT2D eigenvalue weighted by atomic mass is 16.4. The first-order valence-corrected chi connectivity index (χ1v) is 6.12. The van der Waals surface area contributed by atoms with E-state index in [1.165, 1.54) is 18.2 Å². The lowest BCUT2D eigenvalue weighted by Crippen LogP contribution is -2.34. The number of nitrogens with two attached hydrogens (primary N) is 1. The van der Waals surface area contributed by atoms with Crippen LogP contribution < -0.4 is 11.1 Å². The van der Waals surface area contributed by atoms with Gasteiger partial charge in [0.2, 0.25) is 5.91 Å². The minimum atomic E-state index is -1.21. The van der Waals surface area contributed by atoms with E-state index >= 15 is 0 Å². The van der Waals surface area contributed by atoms with Crippen LogP contribution in [0.4, 0.5) is 5.69 Å². The molecule has 0 aliphatic heterocycles. The maximum Gasteiger partial charge on any atom is 0.339 e. The Morgan fingerprint density at radius 3 is 2.58 bits per heavy atom. The average Bonchev–Trinajstić information content (AvgIpc) is 2.75. The molecule has 1 fully saturated rings. The zero-order valence-electron chi connectivity index (χ0n) is 10.3. The molecule has 0 heterocycles. The Balaban J connectivity index is 2.09. The summed E-state index contributed by atoms with van der Waals surface area (Å²) in [6.07, 6.45) is 2.52. The van der Waals surface area contributed by atoms with Crippen molar-refractivity contribution in [3.8, 4) is 5.75 Å². The van der Waals surface area contributed by atoms with Crippen LogP contribution in [-0.4, -0.2) is 28.1 Å². The fourth-order valence-electron chi connectivity index (χ4n) is 2.34. The van der Waals surface area contributed by atoms with Crippen LogP contribution in [0.15, 0.2) is 18.2 Å². The van der Waals surface area contributed by atoms with Crippen LogP contribution >= 0.6 is 0 Å². The number of carbonyl (C=O) groups is 2. The zero-order chi connectivity index (χ0) is 14.0. The van der Waals surface area contributed by atoms with E-state index in [1.54, 1.807) is 0 Å². The summed E-state index contributed by atoms with van der Waals surface area (Å²) in [6.45, 7) is 0. The summed E-state index contributed by atoms with van der Waals surface area (Å²) in [5, 5.41) is 21.0. The van der Waals surface area contributed by atoms with Crippen LogP contribution in [-0.2, 0) is 4.79 Å². The molecule has 1 saturated carbocycles. The van der Waals surface area contributed by atoms with Crippen molar-refractivity contribution in [1.29, 1.82) is 0 Å². The molecule has 6 nitrogen and oxygen atoms in total. The van der Waals surface area contributed by atoms with Crippen molar-refractivity contribution >= 4 is 17.6 Å². The van der Waals surface area contributed by atoms with Crippen molar-refractivity contribution in [2.75, 3.05) is 5.32 Å². The van der Waals surface area contributed by atoms with Gasteiger partial charge in [-0.15, -0.1) is 0 Å². The molecule has 19 heavy (non-hydrogen) atoms. The van der Waals surface area contributed by atoms with Crippen LogP contribution in [0.3, 0.4) is 0 Å². The largest absolute Gasteiger partial charge is 0.507 e. The van der Waals surface area contributed by atoms with Gasteiger partial charge in [0, 0.05) is 17.8 Å². The average molecular weight is 264 g/mol. The van der Waals surface area contributed by atoms with Gasteiger partial charge in [-0.1, -0.05) is 6.42 Å². The molecule has 102 valence electrons. The first-order chi connectivity index (χ1) is 8.99. The number of carboxylic acids is 1. The maximum atomic E-state index is 12.0. The van der Waals surface area contributed by atoms with Crippen molar-refractivity contribution in [3.63, 3.8) is 0 Å². The van der Waals surface area contributed by atoms with Gasteiger partial charge in [-0.3, -0.25) is 4.79 Å². The second-order valence-electron chi connectivity index (χ2n) is 4.73. The minimum absolute atomic E-state index is 0.133.